The Labute approximate surface area is 119 Å². The van der Waals surface area contributed by atoms with Gasteiger partial charge < -0.3 is 4.18 Å². The SMILES string of the molecule is Cc1ccc(-c2ccc(OS(=O)(=O)C(F)(F)F)cc2)nc1. The Bertz CT molecular complexity index is 723. The van der Waals surface area contributed by atoms with Crippen LogP contribution in [-0.2, 0) is 10.1 Å². The van der Waals surface area contributed by atoms with Gasteiger partial charge in [0, 0.05) is 11.8 Å². The first-order valence-electron chi connectivity index (χ1n) is 5.73. The first-order valence-corrected chi connectivity index (χ1v) is 7.14. The van der Waals surface area contributed by atoms with Crippen molar-refractivity contribution in [2.75, 3.05) is 0 Å². The summed E-state index contributed by atoms with van der Waals surface area (Å²) in [5.41, 5.74) is -3.24. The standard InChI is InChI=1S/C13H10F3NO3S/c1-9-2-7-12(17-8-9)10-3-5-11(6-4-10)20-21(18,19)13(14,15)16/h2-8H,1H3. The van der Waals surface area contributed by atoms with Gasteiger partial charge in [0.1, 0.15) is 5.75 Å². The van der Waals surface area contributed by atoms with Gasteiger partial charge in [-0.3, -0.25) is 4.98 Å². The minimum Gasteiger partial charge on any atom is -0.376 e. The van der Waals surface area contributed by atoms with Crippen molar-refractivity contribution >= 4 is 10.1 Å². The summed E-state index contributed by atoms with van der Waals surface area (Å²) in [6.45, 7) is 1.87. The number of nitrogens with zero attached hydrogens (tertiary/aromatic N) is 1. The Morgan fingerprint density at radius 1 is 1.05 bits per heavy atom. The van der Waals surface area contributed by atoms with Crippen LogP contribution in [0, 0.1) is 6.92 Å². The van der Waals surface area contributed by atoms with Crippen LogP contribution in [0.4, 0.5) is 13.2 Å². The summed E-state index contributed by atoms with van der Waals surface area (Å²) in [7, 11) is -5.65. The maximum atomic E-state index is 12.2. The van der Waals surface area contributed by atoms with Crippen molar-refractivity contribution in [3.63, 3.8) is 0 Å². The van der Waals surface area contributed by atoms with Crippen LogP contribution in [-0.4, -0.2) is 18.9 Å². The Morgan fingerprint density at radius 2 is 1.67 bits per heavy atom. The molecule has 0 saturated heterocycles. The summed E-state index contributed by atoms with van der Waals surface area (Å²) in [4.78, 5) is 4.15. The molecule has 1 aromatic carbocycles. The Kier molecular flexibility index (Phi) is 3.91. The van der Waals surface area contributed by atoms with Crippen molar-refractivity contribution < 1.29 is 25.8 Å². The van der Waals surface area contributed by atoms with E-state index in [-0.39, 0.29) is 0 Å². The predicted molar refractivity (Wildman–Crippen MR) is 70.0 cm³/mol. The normalized spacial score (nSPS) is 12.2. The van der Waals surface area contributed by atoms with Gasteiger partial charge in [0.25, 0.3) is 0 Å². The average molecular weight is 317 g/mol. The van der Waals surface area contributed by atoms with Crippen LogP contribution in [0.15, 0.2) is 42.6 Å². The van der Waals surface area contributed by atoms with Crippen LogP contribution in [0.3, 0.4) is 0 Å². The highest BCUT2D eigenvalue weighted by atomic mass is 32.2. The number of alkyl halides is 3. The fraction of sp³-hybridized carbons (Fsp3) is 0.154. The van der Waals surface area contributed by atoms with Gasteiger partial charge in [-0.25, -0.2) is 0 Å². The summed E-state index contributed by atoms with van der Waals surface area (Å²) in [6, 6.07) is 8.72. The van der Waals surface area contributed by atoms with Crippen LogP contribution in [0.2, 0.25) is 0 Å². The molecule has 0 spiro atoms. The molecule has 0 fully saturated rings. The van der Waals surface area contributed by atoms with Crippen molar-refractivity contribution in [2.45, 2.75) is 12.4 Å². The molecule has 2 rings (SSSR count). The molecule has 0 saturated carbocycles. The number of hydrogen-bond donors (Lipinski definition) is 0. The summed E-state index contributed by atoms with van der Waals surface area (Å²) in [5, 5.41) is 0. The number of hydrogen-bond acceptors (Lipinski definition) is 4. The fourth-order valence-corrected chi connectivity index (χ4v) is 1.95. The molecule has 1 aromatic heterocycles. The second-order valence-electron chi connectivity index (χ2n) is 4.23. The van der Waals surface area contributed by atoms with Gasteiger partial charge in [-0.05, 0) is 42.8 Å². The number of aromatic nitrogens is 1. The van der Waals surface area contributed by atoms with Crippen molar-refractivity contribution in [2.24, 2.45) is 0 Å². The Balaban J connectivity index is 2.22. The lowest BCUT2D eigenvalue weighted by Gasteiger charge is -2.09. The highest BCUT2D eigenvalue weighted by Crippen LogP contribution is 2.28. The predicted octanol–water partition coefficient (Wildman–Crippen LogP) is 3.29. The third-order valence-electron chi connectivity index (χ3n) is 2.55. The molecule has 8 heteroatoms. The summed E-state index contributed by atoms with van der Waals surface area (Å²) >= 11 is 0. The summed E-state index contributed by atoms with van der Waals surface area (Å²) in [6.07, 6.45) is 1.65. The molecule has 2 aromatic rings. The van der Waals surface area contributed by atoms with Gasteiger partial charge in [-0.2, -0.15) is 21.6 Å². The minimum absolute atomic E-state index is 0.414. The molecule has 4 nitrogen and oxygen atoms in total. The van der Waals surface area contributed by atoms with E-state index in [2.05, 4.69) is 9.17 Å². The van der Waals surface area contributed by atoms with E-state index in [1.165, 1.54) is 12.1 Å². The van der Waals surface area contributed by atoms with E-state index in [0.29, 0.717) is 11.3 Å². The third-order valence-corrected chi connectivity index (χ3v) is 3.53. The van der Waals surface area contributed by atoms with E-state index >= 15 is 0 Å². The van der Waals surface area contributed by atoms with E-state index in [9.17, 15) is 21.6 Å². The number of rotatable bonds is 3. The average Bonchev–Trinajstić information content (AvgIpc) is 2.39. The molecule has 0 N–H and O–H groups in total. The second kappa shape index (κ2) is 5.36. The highest BCUT2D eigenvalue weighted by Gasteiger charge is 2.48. The zero-order valence-electron chi connectivity index (χ0n) is 10.8. The van der Waals surface area contributed by atoms with Crippen LogP contribution >= 0.6 is 0 Å². The van der Waals surface area contributed by atoms with E-state index in [4.69, 9.17) is 0 Å². The van der Waals surface area contributed by atoms with E-state index in [0.717, 1.165) is 17.7 Å². The van der Waals surface area contributed by atoms with Crippen molar-refractivity contribution in [3.05, 3.63) is 48.2 Å². The zero-order valence-corrected chi connectivity index (χ0v) is 11.6. The molecule has 0 amide bonds. The number of benzene rings is 1. The molecule has 0 unspecified atom stereocenters. The van der Waals surface area contributed by atoms with E-state index in [1.807, 2.05) is 13.0 Å². The van der Waals surface area contributed by atoms with Crippen LogP contribution < -0.4 is 4.18 Å². The lowest BCUT2D eigenvalue weighted by Crippen LogP contribution is -2.28. The number of pyridine rings is 1. The smallest absolute Gasteiger partial charge is 0.376 e. The summed E-state index contributed by atoms with van der Waals surface area (Å²) in [5.74, 6) is -0.414. The molecule has 21 heavy (non-hydrogen) atoms. The van der Waals surface area contributed by atoms with Gasteiger partial charge >= 0.3 is 15.6 Å². The maximum absolute atomic E-state index is 12.2. The first-order chi connectivity index (χ1) is 9.69. The van der Waals surface area contributed by atoms with E-state index < -0.39 is 21.4 Å². The van der Waals surface area contributed by atoms with Gasteiger partial charge in [0.05, 0.1) is 5.69 Å². The van der Waals surface area contributed by atoms with Crippen LogP contribution in [0.5, 0.6) is 5.75 Å². The van der Waals surface area contributed by atoms with Gasteiger partial charge in [-0.15, -0.1) is 0 Å². The summed E-state index contributed by atoms with van der Waals surface area (Å²) < 4.78 is 62.2. The molecule has 0 aliphatic heterocycles. The van der Waals surface area contributed by atoms with E-state index in [1.54, 1.807) is 12.3 Å². The topological polar surface area (TPSA) is 56.3 Å². The maximum Gasteiger partial charge on any atom is 0.534 e. The molecular formula is C13H10F3NO3S. The van der Waals surface area contributed by atoms with Gasteiger partial charge in [0.15, 0.2) is 0 Å². The Hall–Kier alpha value is -2.09. The number of aryl methyl sites for hydroxylation is 1. The first kappa shape index (κ1) is 15.3. The molecule has 112 valence electrons. The van der Waals surface area contributed by atoms with Crippen molar-refractivity contribution in [1.29, 1.82) is 0 Å². The lowest BCUT2D eigenvalue weighted by atomic mass is 10.1. The molecule has 0 aliphatic carbocycles. The molecule has 0 aliphatic rings. The largest absolute Gasteiger partial charge is 0.534 e. The zero-order chi connectivity index (χ0) is 15.7. The minimum atomic E-state index is -5.65. The molecule has 0 radical (unpaired) electrons. The molecule has 0 atom stereocenters. The molecule has 0 bridgehead atoms. The second-order valence-corrected chi connectivity index (χ2v) is 5.77. The monoisotopic (exact) mass is 317 g/mol. The Morgan fingerprint density at radius 3 is 2.14 bits per heavy atom. The van der Waals surface area contributed by atoms with Crippen LogP contribution in [0.25, 0.3) is 11.3 Å². The quantitative estimate of drug-likeness (QED) is 0.644. The van der Waals surface area contributed by atoms with Gasteiger partial charge in [0.2, 0.25) is 0 Å². The fourth-order valence-electron chi connectivity index (χ4n) is 1.49. The number of halogens is 3. The van der Waals surface area contributed by atoms with Crippen LogP contribution in [0.1, 0.15) is 5.56 Å². The highest BCUT2D eigenvalue weighted by molar-refractivity contribution is 7.87. The van der Waals surface area contributed by atoms with Gasteiger partial charge in [-0.1, -0.05) is 6.07 Å². The third kappa shape index (κ3) is 3.52. The molecule has 1 heterocycles. The van der Waals surface area contributed by atoms with Crippen molar-refractivity contribution in [1.82, 2.24) is 4.98 Å². The molecular weight excluding hydrogens is 307 g/mol. The lowest BCUT2D eigenvalue weighted by molar-refractivity contribution is -0.0500. The van der Waals surface area contributed by atoms with Crippen molar-refractivity contribution in [3.8, 4) is 17.0 Å².